The highest BCUT2D eigenvalue weighted by molar-refractivity contribution is 5.50. The summed E-state index contributed by atoms with van der Waals surface area (Å²) in [5.41, 5.74) is 3.74. The highest BCUT2D eigenvalue weighted by Crippen LogP contribution is 2.36. The quantitative estimate of drug-likeness (QED) is 0.693. The lowest BCUT2D eigenvalue weighted by Gasteiger charge is -2.19. The van der Waals surface area contributed by atoms with Crippen molar-refractivity contribution >= 4 is 0 Å². The van der Waals surface area contributed by atoms with Crippen molar-refractivity contribution in [2.75, 3.05) is 6.61 Å². The van der Waals surface area contributed by atoms with E-state index in [1.807, 2.05) is 19.9 Å². The minimum absolute atomic E-state index is 0.000275. The molecule has 0 bridgehead atoms. The normalized spacial score (nSPS) is 12.4. The molecule has 2 aromatic rings. The minimum atomic E-state index is -0.123. The summed E-state index contributed by atoms with van der Waals surface area (Å²) in [5, 5.41) is 29.5. The number of aromatic hydroxyl groups is 3. The first-order valence-electron chi connectivity index (χ1n) is 8.20. The molecule has 0 amide bonds. The minimum Gasteiger partial charge on any atom is -0.504 e. The molecule has 0 radical (unpaired) electrons. The third kappa shape index (κ3) is 3.58. The lowest BCUT2D eigenvalue weighted by Crippen LogP contribution is -2.09. The first kappa shape index (κ1) is 18.0. The summed E-state index contributed by atoms with van der Waals surface area (Å²) in [5.74, 6) is 0.731. The molecular weight excluding hydrogens is 304 g/mol. The van der Waals surface area contributed by atoms with E-state index < -0.39 is 0 Å². The second-order valence-corrected chi connectivity index (χ2v) is 6.69. The molecule has 130 valence electrons. The van der Waals surface area contributed by atoms with Crippen molar-refractivity contribution in [1.82, 2.24) is 0 Å². The highest BCUT2D eigenvalue weighted by atomic mass is 16.5. The van der Waals surface area contributed by atoms with Crippen LogP contribution in [0, 0.1) is 13.8 Å². The van der Waals surface area contributed by atoms with Crippen molar-refractivity contribution < 1.29 is 20.1 Å². The molecule has 0 aliphatic heterocycles. The number of aryl methyl sites for hydroxylation is 1. The molecule has 0 aliphatic rings. The molecule has 0 aliphatic carbocycles. The molecule has 1 atom stereocenters. The van der Waals surface area contributed by atoms with Crippen LogP contribution in [0.1, 0.15) is 54.9 Å². The molecule has 24 heavy (non-hydrogen) atoms. The Hall–Kier alpha value is -2.36. The fourth-order valence-corrected chi connectivity index (χ4v) is 2.97. The largest absolute Gasteiger partial charge is 0.504 e. The van der Waals surface area contributed by atoms with E-state index in [4.69, 9.17) is 4.74 Å². The third-order valence-electron chi connectivity index (χ3n) is 4.44. The van der Waals surface area contributed by atoms with Crippen molar-refractivity contribution in [3.63, 3.8) is 0 Å². The maximum absolute atomic E-state index is 10.1. The van der Waals surface area contributed by atoms with Crippen molar-refractivity contribution in [2.24, 2.45) is 0 Å². The zero-order chi connectivity index (χ0) is 18.0. The van der Waals surface area contributed by atoms with Crippen LogP contribution in [0.2, 0.25) is 0 Å². The van der Waals surface area contributed by atoms with Gasteiger partial charge in [-0.05, 0) is 60.2 Å². The predicted molar refractivity (Wildman–Crippen MR) is 95.4 cm³/mol. The molecule has 0 saturated carbocycles. The van der Waals surface area contributed by atoms with Gasteiger partial charge in [0.15, 0.2) is 23.0 Å². The summed E-state index contributed by atoms with van der Waals surface area (Å²) in [6.07, 6.45) is 0. The summed E-state index contributed by atoms with van der Waals surface area (Å²) >= 11 is 0. The number of phenolic OH excluding ortho intramolecular Hbond substituents is 3. The topological polar surface area (TPSA) is 69.9 Å². The summed E-state index contributed by atoms with van der Waals surface area (Å²) in [6, 6.07) is 6.89. The van der Waals surface area contributed by atoms with Gasteiger partial charge in [0.25, 0.3) is 0 Å². The maximum atomic E-state index is 10.1. The molecule has 4 heteroatoms. The summed E-state index contributed by atoms with van der Waals surface area (Å²) in [7, 11) is 0. The van der Waals surface area contributed by atoms with Gasteiger partial charge in [-0.2, -0.15) is 0 Å². The Kier molecular flexibility index (Phi) is 5.27. The van der Waals surface area contributed by atoms with E-state index in [9.17, 15) is 15.3 Å². The zero-order valence-electron chi connectivity index (χ0n) is 14.9. The predicted octanol–water partition coefficient (Wildman–Crippen LogP) is 4.73. The zero-order valence-corrected chi connectivity index (χ0v) is 14.9. The van der Waals surface area contributed by atoms with Gasteiger partial charge in [-0.1, -0.05) is 26.8 Å². The summed E-state index contributed by atoms with van der Waals surface area (Å²) in [6.45, 7) is 10.3. The van der Waals surface area contributed by atoms with Gasteiger partial charge < -0.3 is 20.1 Å². The second-order valence-electron chi connectivity index (χ2n) is 6.69. The molecule has 1 unspecified atom stereocenters. The van der Waals surface area contributed by atoms with E-state index in [0.29, 0.717) is 23.8 Å². The first-order chi connectivity index (χ1) is 11.2. The molecule has 0 fully saturated rings. The lowest BCUT2D eigenvalue weighted by molar-refractivity contribution is 0.280. The SMILES string of the molecule is Cc1cc(O)c(OCC(C)c2ccc(O)c(O)c2C)cc1C(C)C. The van der Waals surface area contributed by atoms with Crippen molar-refractivity contribution in [2.45, 2.75) is 46.5 Å². The molecule has 3 N–H and O–H groups in total. The van der Waals surface area contributed by atoms with E-state index in [0.717, 1.165) is 16.7 Å². The monoisotopic (exact) mass is 330 g/mol. The Balaban J connectivity index is 2.19. The molecule has 2 aromatic carbocycles. The van der Waals surface area contributed by atoms with Gasteiger partial charge in [-0.3, -0.25) is 0 Å². The molecule has 4 nitrogen and oxygen atoms in total. The van der Waals surface area contributed by atoms with Crippen LogP contribution >= 0.6 is 0 Å². The summed E-state index contributed by atoms with van der Waals surface area (Å²) < 4.78 is 5.83. The van der Waals surface area contributed by atoms with Gasteiger partial charge in [0.05, 0.1) is 6.61 Å². The molecule has 0 spiro atoms. The Morgan fingerprint density at radius 1 is 0.917 bits per heavy atom. The molecule has 2 rings (SSSR count). The van der Waals surface area contributed by atoms with E-state index in [-0.39, 0.29) is 23.2 Å². The van der Waals surface area contributed by atoms with Crippen LogP contribution in [-0.4, -0.2) is 21.9 Å². The van der Waals surface area contributed by atoms with Crippen LogP contribution in [0.4, 0.5) is 0 Å². The Morgan fingerprint density at radius 3 is 2.21 bits per heavy atom. The van der Waals surface area contributed by atoms with Gasteiger partial charge in [0, 0.05) is 5.92 Å². The van der Waals surface area contributed by atoms with Gasteiger partial charge >= 0.3 is 0 Å². The highest BCUT2D eigenvalue weighted by Gasteiger charge is 2.16. The van der Waals surface area contributed by atoms with Crippen LogP contribution in [-0.2, 0) is 0 Å². The molecule has 0 heterocycles. The number of hydrogen-bond donors (Lipinski definition) is 3. The van der Waals surface area contributed by atoms with Crippen LogP contribution in [0.15, 0.2) is 24.3 Å². The van der Waals surface area contributed by atoms with E-state index in [1.165, 1.54) is 6.07 Å². The third-order valence-corrected chi connectivity index (χ3v) is 4.44. The van der Waals surface area contributed by atoms with Crippen LogP contribution < -0.4 is 4.74 Å². The van der Waals surface area contributed by atoms with Crippen LogP contribution in [0.25, 0.3) is 0 Å². The van der Waals surface area contributed by atoms with Crippen molar-refractivity contribution in [3.05, 3.63) is 46.5 Å². The maximum Gasteiger partial charge on any atom is 0.161 e. The molecule has 0 aromatic heterocycles. The average Bonchev–Trinajstić information content (AvgIpc) is 2.51. The first-order valence-corrected chi connectivity index (χ1v) is 8.20. The van der Waals surface area contributed by atoms with Crippen LogP contribution in [0.3, 0.4) is 0 Å². The van der Waals surface area contributed by atoms with E-state index in [1.54, 1.807) is 19.1 Å². The number of phenols is 3. The Bertz CT molecular complexity index is 735. The van der Waals surface area contributed by atoms with Crippen molar-refractivity contribution in [3.8, 4) is 23.0 Å². The van der Waals surface area contributed by atoms with Gasteiger partial charge in [0.2, 0.25) is 0 Å². The van der Waals surface area contributed by atoms with Gasteiger partial charge in [-0.25, -0.2) is 0 Å². The number of ether oxygens (including phenoxy) is 1. The van der Waals surface area contributed by atoms with Crippen molar-refractivity contribution in [1.29, 1.82) is 0 Å². The van der Waals surface area contributed by atoms with E-state index >= 15 is 0 Å². The van der Waals surface area contributed by atoms with Crippen LogP contribution in [0.5, 0.6) is 23.0 Å². The van der Waals surface area contributed by atoms with Gasteiger partial charge in [0.1, 0.15) is 0 Å². The number of hydrogen-bond acceptors (Lipinski definition) is 4. The van der Waals surface area contributed by atoms with E-state index in [2.05, 4.69) is 13.8 Å². The lowest BCUT2D eigenvalue weighted by atomic mass is 9.96. The smallest absolute Gasteiger partial charge is 0.161 e. The average molecular weight is 330 g/mol. The fourth-order valence-electron chi connectivity index (χ4n) is 2.97. The second kappa shape index (κ2) is 7.04. The number of rotatable bonds is 5. The summed E-state index contributed by atoms with van der Waals surface area (Å²) in [4.78, 5) is 0. The Morgan fingerprint density at radius 2 is 1.58 bits per heavy atom. The molecular formula is C20H26O4. The molecule has 0 saturated heterocycles. The Labute approximate surface area is 143 Å². The fraction of sp³-hybridized carbons (Fsp3) is 0.400. The standard InChI is InChI=1S/C20H26O4/c1-11(2)16-9-19(18(22)8-12(16)3)24-10-13(4)15-6-7-17(21)20(23)14(15)5/h6-9,11,13,21-23H,10H2,1-5H3. The van der Waals surface area contributed by atoms with Gasteiger partial charge in [-0.15, -0.1) is 0 Å². The number of benzene rings is 2.